The van der Waals surface area contributed by atoms with Gasteiger partial charge < -0.3 is 14.1 Å². The van der Waals surface area contributed by atoms with Crippen LogP contribution in [0.25, 0.3) is 44.2 Å². The molecule has 1 aliphatic carbocycles. The highest BCUT2D eigenvalue weighted by molar-refractivity contribution is 6.93. The Bertz CT molecular complexity index is 3260. The summed E-state index contributed by atoms with van der Waals surface area (Å²) in [6.45, 7) is 30.7. The van der Waals surface area contributed by atoms with E-state index in [1.165, 1.54) is 89.4 Å². The van der Waals surface area contributed by atoms with Gasteiger partial charge in [-0.15, -0.1) is 0 Å². The zero-order chi connectivity index (χ0) is 46.5. The Labute approximate surface area is 394 Å². The lowest BCUT2D eigenvalue weighted by atomic mass is 9.43. The van der Waals surface area contributed by atoms with Crippen LogP contribution in [0.5, 0.6) is 0 Å². The molecule has 7 aromatic carbocycles. The summed E-state index contributed by atoms with van der Waals surface area (Å²) in [5, 5.41) is 2.27. The number of nitrogens with zero attached hydrogens (tertiary/aromatic N) is 2. The van der Waals surface area contributed by atoms with Crippen LogP contribution in [0.1, 0.15) is 131 Å². The highest BCUT2D eigenvalue weighted by Gasteiger charge is 2.48. The second-order valence-corrected chi connectivity index (χ2v) is 24.1. The first-order valence-corrected chi connectivity index (χ1v) is 24.3. The van der Waals surface area contributed by atoms with E-state index < -0.39 is 0 Å². The number of hydrogen-bond donors (Lipinski definition) is 0. The molecule has 11 rings (SSSR count). The molecule has 0 amide bonds. The largest absolute Gasteiger partial charge is 0.456 e. The molecular weight excluding hydrogens is 800 g/mol. The molecule has 0 N–H and O–H groups in total. The van der Waals surface area contributed by atoms with Gasteiger partial charge in [0.2, 0.25) is 0 Å². The summed E-state index contributed by atoms with van der Waals surface area (Å²) in [6, 6.07) is 51.5. The molecule has 4 heteroatoms. The van der Waals surface area contributed by atoms with Crippen LogP contribution in [0.3, 0.4) is 0 Å². The van der Waals surface area contributed by atoms with Gasteiger partial charge in [0.05, 0.1) is 5.69 Å². The molecule has 0 bridgehead atoms. The fraction of sp³-hybridized carbons (Fsp3) is 0.323. The molecule has 66 heavy (non-hydrogen) atoms. The molecular formula is C62H65BN2O. The van der Waals surface area contributed by atoms with Gasteiger partial charge in [-0.25, -0.2) is 0 Å². The van der Waals surface area contributed by atoms with Gasteiger partial charge in [0.1, 0.15) is 11.2 Å². The third-order valence-corrected chi connectivity index (χ3v) is 15.6. The van der Waals surface area contributed by atoms with Crippen molar-refractivity contribution in [3.05, 3.63) is 161 Å². The van der Waals surface area contributed by atoms with E-state index in [-0.39, 0.29) is 33.9 Å². The number of furan rings is 1. The Kier molecular flexibility index (Phi) is 9.21. The molecule has 332 valence electrons. The van der Waals surface area contributed by atoms with E-state index in [9.17, 15) is 0 Å². The molecule has 2 aliphatic heterocycles. The first kappa shape index (κ1) is 42.6. The van der Waals surface area contributed by atoms with Crippen LogP contribution in [0.2, 0.25) is 0 Å². The summed E-state index contributed by atoms with van der Waals surface area (Å²) < 4.78 is 6.85. The van der Waals surface area contributed by atoms with Crippen molar-refractivity contribution >= 4 is 68.1 Å². The van der Waals surface area contributed by atoms with Crippen molar-refractivity contribution in [2.45, 2.75) is 130 Å². The van der Waals surface area contributed by atoms with Crippen LogP contribution in [0.15, 0.2) is 138 Å². The summed E-state index contributed by atoms with van der Waals surface area (Å²) in [4.78, 5) is 5.33. The van der Waals surface area contributed by atoms with Gasteiger partial charge >= 0.3 is 6.85 Å². The molecule has 3 heterocycles. The third kappa shape index (κ3) is 6.60. The Morgan fingerprint density at radius 3 is 1.74 bits per heavy atom. The van der Waals surface area contributed by atoms with Crippen LogP contribution in [-0.4, -0.2) is 6.85 Å². The Morgan fingerprint density at radius 2 is 1.08 bits per heavy atom. The number of fused-ring (bicyclic) bond motifs is 8. The quantitative estimate of drug-likeness (QED) is 0.165. The average Bonchev–Trinajstić information content (AvgIpc) is 3.63. The van der Waals surface area contributed by atoms with Crippen molar-refractivity contribution in [2.24, 2.45) is 0 Å². The van der Waals surface area contributed by atoms with E-state index in [0.717, 1.165) is 34.8 Å². The maximum atomic E-state index is 6.85. The maximum absolute atomic E-state index is 6.85. The van der Waals surface area contributed by atoms with Crippen molar-refractivity contribution < 1.29 is 4.42 Å². The van der Waals surface area contributed by atoms with Crippen LogP contribution in [0, 0.1) is 0 Å². The highest BCUT2D eigenvalue weighted by Crippen LogP contribution is 2.55. The van der Waals surface area contributed by atoms with Crippen LogP contribution in [-0.2, 0) is 27.1 Å². The first-order chi connectivity index (χ1) is 31.1. The second-order valence-electron chi connectivity index (χ2n) is 24.1. The van der Waals surface area contributed by atoms with Crippen molar-refractivity contribution in [3.8, 4) is 22.3 Å². The van der Waals surface area contributed by atoms with Gasteiger partial charge in [0.15, 0.2) is 0 Å². The minimum absolute atomic E-state index is 0.0278. The second kappa shape index (κ2) is 14.3. The van der Waals surface area contributed by atoms with E-state index in [1.54, 1.807) is 0 Å². The summed E-state index contributed by atoms with van der Waals surface area (Å²) in [6.07, 6.45) is 2.32. The van der Waals surface area contributed by atoms with Gasteiger partial charge in [0.25, 0.3) is 0 Å². The summed E-state index contributed by atoms with van der Waals surface area (Å²) in [7, 11) is 0. The van der Waals surface area contributed by atoms with Crippen LogP contribution in [0.4, 0.5) is 28.4 Å². The van der Waals surface area contributed by atoms with E-state index >= 15 is 0 Å². The smallest absolute Gasteiger partial charge is 0.333 e. The molecule has 3 aliphatic rings. The molecule has 0 unspecified atom stereocenters. The average molecular weight is 865 g/mol. The molecule has 0 saturated carbocycles. The van der Waals surface area contributed by atoms with E-state index in [0.29, 0.717) is 0 Å². The minimum Gasteiger partial charge on any atom is -0.456 e. The number of para-hydroxylation sites is 1. The normalized spacial score (nSPS) is 16.3. The number of anilines is 5. The molecule has 0 saturated heterocycles. The molecule has 0 spiro atoms. The zero-order valence-electron chi connectivity index (χ0n) is 41.5. The van der Waals surface area contributed by atoms with E-state index in [4.69, 9.17) is 4.42 Å². The monoisotopic (exact) mass is 865 g/mol. The molecule has 1 aromatic heterocycles. The maximum Gasteiger partial charge on any atom is 0.333 e. The van der Waals surface area contributed by atoms with E-state index in [2.05, 4.69) is 233 Å². The zero-order valence-corrected chi connectivity index (χ0v) is 41.5. The number of hydrogen-bond acceptors (Lipinski definition) is 3. The topological polar surface area (TPSA) is 19.6 Å². The Hall–Kier alpha value is -6.00. The summed E-state index contributed by atoms with van der Waals surface area (Å²) in [5.41, 5.74) is 22.4. The predicted octanol–water partition coefficient (Wildman–Crippen LogP) is 16.2. The number of benzene rings is 7. The van der Waals surface area contributed by atoms with Crippen molar-refractivity contribution in [2.75, 3.05) is 9.71 Å². The lowest BCUT2D eigenvalue weighted by Crippen LogP contribution is -2.61. The molecule has 0 fully saturated rings. The van der Waals surface area contributed by atoms with Crippen LogP contribution < -0.4 is 20.6 Å². The van der Waals surface area contributed by atoms with Crippen molar-refractivity contribution in [3.63, 3.8) is 0 Å². The minimum atomic E-state index is -0.146. The third-order valence-electron chi connectivity index (χ3n) is 15.6. The Morgan fingerprint density at radius 1 is 0.470 bits per heavy atom. The lowest BCUT2D eigenvalue weighted by molar-refractivity contribution is 0.332. The van der Waals surface area contributed by atoms with Crippen molar-refractivity contribution in [1.82, 2.24) is 0 Å². The standard InChI is InChI=1S/C62H65BN2O/c1-58(2,3)39-23-26-42(27-24-39)65-52-36-49-48(61(10,11)29-30-62(49,12)13)34-45(52)47-32-41(60(7,8)9)33-54-57(47)63(65)50-37-56-46(43-21-17-18-22-55(43)66-56)35-53(50)64(54)51-28-25-40(59(4,5)6)31-44(51)38-19-15-14-16-20-38/h14-28,31-37H,29-30H2,1-13H3. The SMILES string of the molecule is CC(C)(C)c1ccc(N2B3c4cc5oc6ccccc6c5cc4N(c4ccc(C(C)(C)C)cc4-c4ccccc4)c4cc(C(C)(C)C)cc(c43)-c3cc4c(cc32)C(C)(C)CCC4(C)C)cc1. The molecule has 3 nitrogen and oxygen atoms in total. The van der Waals surface area contributed by atoms with Gasteiger partial charge in [-0.3, -0.25) is 0 Å². The molecule has 8 aromatic rings. The first-order valence-electron chi connectivity index (χ1n) is 24.3. The lowest BCUT2D eigenvalue weighted by Gasteiger charge is -2.48. The molecule has 0 radical (unpaired) electrons. The van der Waals surface area contributed by atoms with Crippen molar-refractivity contribution in [1.29, 1.82) is 0 Å². The van der Waals surface area contributed by atoms with E-state index in [1.807, 2.05) is 0 Å². The Balaban J connectivity index is 1.32. The fourth-order valence-electron chi connectivity index (χ4n) is 11.4. The summed E-state index contributed by atoms with van der Waals surface area (Å²) in [5.74, 6) is 0. The van der Waals surface area contributed by atoms with Gasteiger partial charge in [-0.1, -0.05) is 163 Å². The van der Waals surface area contributed by atoms with Gasteiger partial charge in [0, 0.05) is 44.6 Å². The van der Waals surface area contributed by atoms with Gasteiger partial charge in [-0.2, -0.15) is 0 Å². The predicted molar refractivity (Wildman–Crippen MR) is 284 cm³/mol. The number of rotatable bonds is 3. The molecule has 0 atom stereocenters. The fourth-order valence-corrected chi connectivity index (χ4v) is 11.4. The van der Waals surface area contributed by atoms with Crippen LogP contribution >= 0.6 is 0 Å². The summed E-state index contributed by atoms with van der Waals surface area (Å²) >= 11 is 0. The highest BCUT2D eigenvalue weighted by atomic mass is 16.3. The van der Waals surface area contributed by atoms with Gasteiger partial charge in [-0.05, 0) is 150 Å².